The molecule has 0 radical (unpaired) electrons. The standard InChI is InChI=1S/C15H18N2O2/c1-15(2)6-5-10(8-15)17-13(18)11-4-3-9(16)7-12(11)14(17)19/h3-4,7,10H,5-6,8,16H2,1-2H3. The van der Waals surface area contributed by atoms with Crippen molar-refractivity contribution in [3.8, 4) is 0 Å². The van der Waals surface area contributed by atoms with E-state index in [9.17, 15) is 9.59 Å². The van der Waals surface area contributed by atoms with Crippen molar-refractivity contribution in [2.24, 2.45) is 5.41 Å². The summed E-state index contributed by atoms with van der Waals surface area (Å²) >= 11 is 0. The van der Waals surface area contributed by atoms with Gasteiger partial charge in [-0.15, -0.1) is 0 Å². The number of rotatable bonds is 1. The van der Waals surface area contributed by atoms with Crippen LogP contribution >= 0.6 is 0 Å². The van der Waals surface area contributed by atoms with E-state index in [2.05, 4.69) is 13.8 Å². The molecule has 4 nitrogen and oxygen atoms in total. The summed E-state index contributed by atoms with van der Waals surface area (Å²) in [6, 6.07) is 4.97. The van der Waals surface area contributed by atoms with Crippen molar-refractivity contribution < 1.29 is 9.59 Å². The largest absolute Gasteiger partial charge is 0.399 e. The van der Waals surface area contributed by atoms with Gasteiger partial charge in [0.15, 0.2) is 0 Å². The van der Waals surface area contributed by atoms with Gasteiger partial charge in [0.1, 0.15) is 0 Å². The number of nitrogen functional groups attached to an aromatic ring is 1. The van der Waals surface area contributed by atoms with Gasteiger partial charge in [0, 0.05) is 11.7 Å². The number of benzene rings is 1. The van der Waals surface area contributed by atoms with E-state index < -0.39 is 0 Å². The summed E-state index contributed by atoms with van der Waals surface area (Å²) in [6.45, 7) is 4.37. The van der Waals surface area contributed by atoms with Crippen LogP contribution in [0.4, 0.5) is 5.69 Å². The zero-order chi connectivity index (χ0) is 13.8. The predicted molar refractivity (Wildman–Crippen MR) is 72.8 cm³/mol. The number of nitrogens with two attached hydrogens (primary N) is 1. The lowest BCUT2D eigenvalue weighted by Crippen LogP contribution is -2.38. The molecular weight excluding hydrogens is 240 g/mol. The first-order valence-electron chi connectivity index (χ1n) is 6.66. The fourth-order valence-electron chi connectivity index (χ4n) is 3.23. The Morgan fingerprint density at radius 2 is 1.89 bits per heavy atom. The summed E-state index contributed by atoms with van der Waals surface area (Å²) in [4.78, 5) is 26.2. The van der Waals surface area contributed by atoms with E-state index in [0.29, 0.717) is 16.8 Å². The lowest BCUT2D eigenvalue weighted by Gasteiger charge is -2.23. The van der Waals surface area contributed by atoms with Crippen LogP contribution in [0.1, 0.15) is 53.8 Å². The van der Waals surface area contributed by atoms with Crippen molar-refractivity contribution in [1.82, 2.24) is 4.90 Å². The number of amides is 2. The van der Waals surface area contributed by atoms with E-state index in [1.54, 1.807) is 18.2 Å². The minimum atomic E-state index is -0.185. The van der Waals surface area contributed by atoms with Crippen LogP contribution in [-0.4, -0.2) is 22.8 Å². The molecule has 1 heterocycles. The quantitative estimate of drug-likeness (QED) is 0.621. The summed E-state index contributed by atoms with van der Waals surface area (Å²) in [6.07, 6.45) is 2.83. The third-order valence-electron chi connectivity index (χ3n) is 4.25. The van der Waals surface area contributed by atoms with Gasteiger partial charge in [0.05, 0.1) is 11.1 Å². The summed E-state index contributed by atoms with van der Waals surface area (Å²) in [5.74, 6) is -0.349. The average Bonchev–Trinajstić information content (AvgIpc) is 2.79. The van der Waals surface area contributed by atoms with Gasteiger partial charge in [-0.3, -0.25) is 14.5 Å². The Bertz CT molecular complexity index is 578. The summed E-state index contributed by atoms with van der Waals surface area (Å²) in [5.41, 5.74) is 7.37. The summed E-state index contributed by atoms with van der Waals surface area (Å²) in [7, 11) is 0. The van der Waals surface area contributed by atoms with E-state index in [-0.39, 0.29) is 23.3 Å². The van der Waals surface area contributed by atoms with E-state index in [1.807, 2.05) is 0 Å². The number of fused-ring (bicyclic) bond motifs is 1. The molecular formula is C15H18N2O2. The highest BCUT2D eigenvalue weighted by Gasteiger charge is 2.44. The van der Waals surface area contributed by atoms with Gasteiger partial charge in [-0.25, -0.2) is 0 Å². The van der Waals surface area contributed by atoms with Crippen LogP contribution in [0.25, 0.3) is 0 Å². The molecule has 1 aromatic carbocycles. The Morgan fingerprint density at radius 3 is 2.53 bits per heavy atom. The van der Waals surface area contributed by atoms with E-state index >= 15 is 0 Å². The van der Waals surface area contributed by atoms with E-state index in [1.165, 1.54) is 4.90 Å². The first-order chi connectivity index (χ1) is 8.89. The first-order valence-corrected chi connectivity index (χ1v) is 6.66. The summed E-state index contributed by atoms with van der Waals surface area (Å²) in [5, 5.41) is 0. The van der Waals surface area contributed by atoms with Gasteiger partial charge >= 0.3 is 0 Å². The maximum Gasteiger partial charge on any atom is 0.261 e. The Hall–Kier alpha value is -1.84. The molecule has 0 aromatic heterocycles. The Labute approximate surface area is 112 Å². The van der Waals surface area contributed by atoms with Gasteiger partial charge in [-0.1, -0.05) is 13.8 Å². The van der Waals surface area contributed by atoms with Crippen LogP contribution in [0.15, 0.2) is 18.2 Å². The van der Waals surface area contributed by atoms with Crippen LogP contribution in [0.3, 0.4) is 0 Å². The molecule has 3 rings (SSSR count). The maximum atomic E-state index is 12.4. The number of carbonyl (C=O) groups is 2. The van der Waals surface area contributed by atoms with Crippen LogP contribution in [-0.2, 0) is 0 Å². The summed E-state index contributed by atoms with van der Waals surface area (Å²) < 4.78 is 0. The highest BCUT2D eigenvalue weighted by atomic mass is 16.2. The first kappa shape index (κ1) is 12.2. The molecule has 2 N–H and O–H groups in total. The number of nitrogens with zero attached hydrogens (tertiary/aromatic N) is 1. The number of imide groups is 1. The van der Waals surface area contributed by atoms with Crippen LogP contribution in [0, 0.1) is 5.41 Å². The highest BCUT2D eigenvalue weighted by Crippen LogP contribution is 2.41. The van der Waals surface area contributed by atoms with Crippen molar-refractivity contribution >= 4 is 17.5 Å². The smallest absolute Gasteiger partial charge is 0.261 e. The van der Waals surface area contributed by atoms with Gasteiger partial charge < -0.3 is 5.73 Å². The molecule has 2 amide bonds. The van der Waals surface area contributed by atoms with E-state index in [0.717, 1.165) is 19.3 Å². The fraction of sp³-hybridized carbons (Fsp3) is 0.467. The molecule has 0 saturated heterocycles. The Kier molecular flexibility index (Phi) is 2.46. The molecule has 1 unspecified atom stereocenters. The number of carbonyl (C=O) groups excluding carboxylic acids is 2. The van der Waals surface area contributed by atoms with Crippen molar-refractivity contribution in [2.45, 2.75) is 39.2 Å². The topological polar surface area (TPSA) is 63.4 Å². The maximum absolute atomic E-state index is 12.4. The Balaban J connectivity index is 1.95. The molecule has 1 aliphatic heterocycles. The molecule has 4 heteroatoms. The van der Waals surface area contributed by atoms with Crippen LogP contribution < -0.4 is 5.73 Å². The zero-order valence-electron chi connectivity index (χ0n) is 11.3. The van der Waals surface area contributed by atoms with Crippen LogP contribution in [0.5, 0.6) is 0 Å². The average molecular weight is 258 g/mol. The second kappa shape index (κ2) is 3.83. The van der Waals surface area contributed by atoms with Gasteiger partial charge in [0.2, 0.25) is 0 Å². The van der Waals surface area contributed by atoms with Gasteiger partial charge in [0.25, 0.3) is 11.8 Å². The molecule has 1 fully saturated rings. The molecule has 19 heavy (non-hydrogen) atoms. The highest BCUT2D eigenvalue weighted by molar-refractivity contribution is 6.21. The third kappa shape index (κ3) is 1.82. The van der Waals surface area contributed by atoms with Crippen molar-refractivity contribution in [3.63, 3.8) is 0 Å². The SMILES string of the molecule is CC1(C)CCC(N2C(=O)c3ccc(N)cc3C2=O)C1. The van der Waals surface area contributed by atoms with Crippen molar-refractivity contribution in [3.05, 3.63) is 29.3 Å². The molecule has 1 saturated carbocycles. The van der Waals surface area contributed by atoms with Crippen LogP contribution in [0.2, 0.25) is 0 Å². The lowest BCUT2D eigenvalue weighted by molar-refractivity contribution is 0.0580. The van der Waals surface area contributed by atoms with Crippen molar-refractivity contribution in [2.75, 3.05) is 5.73 Å². The number of hydrogen-bond acceptors (Lipinski definition) is 3. The van der Waals surface area contributed by atoms with Gasteiger partial charge in [-0.2, -0.15) is 0 Å². The molecule has 1 aromatic rings. The van der Waals surface area contributed by atoms with E-state index in [4.69, 9.17) is 5.73 Å². The molecule has 1 atom stereocenters. The second-order valence-corrected chi connectivity index (χ2v) is 6.35. The minimum absolute atomic E-state index is 0.0311. The Morgan fingerprint density at radius 1 is 1.21 bits per heavy atom. The lowest BCUT2D eigenvalue weighted by atomic mass is 9.91. The minimum Gasteiger partial charge on any atom is -0.399 e. The van der Waals surface area contributed by atoms with Crippen molar-refractivity contribution in [1.29, 1.82) is 0 Å². The predicted octanol–water partition coefficient (Wildman–Crippen LogP) is 2.44. The molecule has 2 aliphatic rings. The zero-order valence-corrected chi connectivity index (χ0v) is 11.3. The molecule has 0 bridgehead atoms. The monoisotopic (exact) mass is 258 g/mol. The number of anilines is 1. The van der Waals surface area contributed by atoms with Gasteiger partial charge in [-0.05, 0) is 42.9 Å². The number of hydrogen-bond donors (Lipinski definition) is 1. The molecule has 100 valence electrons. The normalized spacial score (nSPS) is 24.9. The molecule has 0 spiro atoms. The second-order valence-electron chi connectivity index (χ2n) is 6.35. The third-order valence-corrected chi connectivity index (χ3v) is 4.25. The molecule has 1 aliphatic carbocycles. The fourth-order valence-corrected chi connectivity index (χ4v) is 3.23.